The van der Waals surface area contributed by atoms with Crippen LogP contribution in [0.5, 0.6) is 5.75 Å². The fourth-order valence-corrected chi connectivity index (χ4v) is 2.61. The molecule has 1 aromatic carbocycles. The largest absolute Gasteiger partial charge is 0.573 e. The summed E-state index contributed by atoms with van der Waals surface area (Å²) in [5, 5.41) is 2.23. The number of likely N-dealkylation sites (tertiary alicyclic amines) is 1. The van der Waals surface area contributed by atoms with Crippen LogP contribution < -0.4 is 10.1 Å². The van der Waals surface area contributed by atoms with Crippen molar-refractivity contribution >= 4 is 17.5 Å². The monoisotopic (exact) mass is 360 g/mol. The van der Waals surface area contributed by atoms with Gasteiger partial charge in [-0.25, -0.2) is 4.39 Å². The SMILES string of the molecule is C=CC(=O)N1CCC(CC(=O)Nc2cc(F)ccc2OC(F)(F)F)C1. The Morgan fingerprint density at radius 2 is 2.12 bits per heavy atom. The summed E-state index contributed by atoms with van der Waals surface area (Å²) >= 11 is 0. The molecule has 0 aromatic heterocycles. The predicted molar refractivity (Wildman–Crippen MR) is 81.2 cm³/mol. The number of hydrogen-bond acceptors (Lipinski definition) is 3. The quantitative estimate of drug-likeness (QED) is 0.649. The molecule has 2 rings (SSSR count). The molecule has 0 bridgehead atoms. The predicted octanol–water partition coefficient (Wildman–Crippen LogP) is 3.09. The number of benzene rings is 1. The molecule has 1 heterocycles. The molecule has 0 radical (unpaired) electrons. The van der Waals surface area contributed by atoms with Gasteiger partial charge in [0.25, 0.3) is 0 Å². The van der Waals surface area contributed by atoms with E-state index in [0.717, 1.165) is 18.2 Å². The van der Waals surface area contributed by atoms with Crippen LogP contribution in [0, 0.1) is 11.7 Å². The highest BCUT2D eigenvalue weighted by Crippen LogP contribution is 2.31. The van der Waals surface area contributed by atoms with Gasteiger partial charge in [-0.3, -0.25) is 9.59 Å². The lowest BCUT2D eigenvalue weighted by Crippen LogP contribution is -2.27. The van der Waals surface area contributed by atoms with E-state index in [-0.39, 0.29) is 18.2 Å². The Labute approximate surface area is 141 Å². The number of nitrogens with zero attached hydrogens (tertiary/aromatic N) is 1. The fraction of sp³-hybridized carbons (Fsp3) is 0.375. The minimum Gasteiger partial charge on any atom is -0.404 e. The summed E-state index contributed by atoms with van der Waals surface area (Å²) in [6.45, 7) is 4.21. The summed E-state index contributed by atoms with van der Waals surface area (Å²) in [5.41, 5.74) is -0.403. The lowest BCUT2D eigenvalue weighted by atomic mass is 10.0. The topological polar surface area (TPSA) is 58.6 Å². The van der Waals surface area contributed by atoms with Crippen molar-refractivity contribution < 1.29 is 31.9 Å². The Morgan fingerprint density at radius 1 is 1.40 bits per heavy atom. The van der Waals surface area contributed by atoms with Gasteiger partial charge < -0.3 is 15.0 Å². The zero-order valence-electron chi connectivity index (χ0n) is 13.1. The van der Waals surface area contributed by atoms with Gasteiger partial charge in [0, 0.05) is 25.6 Å². The minimum atomic E-state index is -4.96. The van der Waals surface area contributed by atoms with E-state index < -0.39 is 29.5 Å². The molecule has 1 saturated heterocycles. The second kappa shape index (κ2) is 7.54. The van der Waals surface area contributed by atoms with Crippen LogP contribution in [0.25, 0.3) is 0 Å². The average molecular weight is 360 g/mol. The molecule has 1 N–H and O–H groups in total. The van der Waals surface area contributed by atoms with Crippen molar-refractivity contribution in [1.29, 1.82) is 0 Å². The van der Waals surface area contributed by atoms with Crippen LogP contribution in [0.3, 0.4) is 0 Å². The molecule has 1 aliphatic rings. The van der Waals surface area contributed by atoms with E-state index in [1.54, 1.807) is 0 Å². The van der Waals surface area contributed by atoms with E-state index in [4.69, 9.17) is 0 Å². The highest BCUT2D eigenvalue weighted by Gasteiger charge is 2.33. The normalized spacial score (nSPS) is 17.3. The third kappa shape index (κ3) is 5.47. The standard InChI is InChI=1S/C16H16F4N2O3/c1-2-15(24)22-6-5-10(9-22)7-14(23)21-12-8-11(17)3-4-13(12)25-16(18,19)20/h2-4,8,10H,1,5-7,9H2,(H,21,23). The van der Waals surface area contributed by atoms with Crippen molar-refractivity contribution in [2.45, 2.75) is 19.2 Å². The average Bonchev–Trinajstić information content (AvgIpc) is 2.96. The molecule has 9 heteroatoms. The second-order valence-corrected chi connectivity index (χ2v) is 5.58. The number of hydrogen-bond donors (Lipinski definition) is 1. The summed E-state index contributed by atoms with van der Waals surface area (Å²) in [6.07, 6.45) is -3.21. The van der Waals surface area contributed by atoms with Gasteiger partial charge in [-0.05, 0) is 30.5 Å². The summed E-state index contributed by atoms with van der Waals surface area (Å²) in [5.74, 6) is -2.47. The summed E-state index contributed by atoms with van der Waals surface area (Å²) in [4.78, 5) is 25.1. The summed E-state index contributed by atoms with van der Waals surface area (Å²) in [6, 6.07) is 2.34. The zero-order valence-corrected chi connectivity index (χ0v) is 13.1. The maximum atomic E-state index is 13.3. The Kier molecular flexibility index (Phi) is 5.66. The van der Waals surface area contributed by atoms with Gasteiger partial charge in [0.2, 0.25) is 11.8 Å². The van der Waals surface area contributed by atoms with Crippen molar-refractivity contribution in [3.05, 3.63) is 36.7 Å². The number of alkyl halides is 3. The van der Waals surface area contributed by atoms with E-state index in [1.165, 1.54) is 11.0 Å². The maximum Gasteiger partial charge on any atom is 0.573 e. The van der Waals surface area contributed by atoms with Gasteiger partial charge in [0.15, 0.2) is 5.75 Å². The molecule has 1 unspecified atom stereocenters. The van der Waals surface area contributed by atoms with Gasteiger partial charge in [0.05, 0.1) is 5.69 Å². The Bertz CT molecular complexity index is 676. The van der Waals surface area contributed by atoms with Gasteiger partial charge in [-0.15, -0.1) is 13.2 Å². The first kappa shape index (κ1) is 18.8. The van der Waals surface area contributed by atoms with Crippen LogP contribution in [-0.2, 0) is 9.59 Å². The maximum absolute atomic E-state index is 13.3. The van der Waals surface area contributed by atoms with Crippen LogP contribution >= 0.6 is 0 Å². The number of anilines is 1. The fourth-order valence-electron chi connectivity index (χ4n) is 2.61. The zero-order chi connectivity index (χ0) is 18.6. The molecule has 0 spiro atoms. The Morgan fingerprint density at radius 3 is 2.76 bits per heavy atom. The van der Waals surface area contributed by atoms with Crippen LogP contribution in [0.15, 0.2) is 30.9 Å². The number of halogens is 4. The number of amides is 2. The second-order valence-electron chi connectivity index (χ2n) is 5.58. The first-order valence-corrected chi connectivity index (χ1v) is 7.44. The molecule has 1 aromatic rings. The van der Waals surface area contributed by atoms with Gasteiger partial charge in [-0.2, -0.15) is 0 Å². The van der Waals surface area contributed by atoms with Gasteiger partial charge in [0.1, 0.15) is 5.82 Å². The lowest BCUT2D eigenvalue weighted by Gasteiger charge is -2.16. The highest BCUT2D eigenvalue weighted by molar-refractivity contribution is 5.92. The number of carbonyl (C=O) groups is 2. The molecular weight excluding hydrogens is 344 g/mol. The van der Waals surface area contributed by atoms with E-state index in [1.807, 2.05) is 0 Å². The summed E-state index contributed by atoms with van der Waals surface area (Å²) < 4.78 is 54.1. The van der Waals surface area contributed by atoms with E-state index in [9.17, 15) is 27.2 Å². The van der Waals surface area contributed by atoms with E-state index in [0.29, 0.717) is 19.5 Å². The van der Waals surface area contributed by atoms with Gasteiger partial charge >= 0.3 is 6.36 Å². The van der Waals surface area contributed by atoms with Crippen molar-refractivity contribution in [1.82, 2.24) is 4.90 Å². The minimum absolute atomic E-state index is 0.0110. The molecule has 1 atom stereocenters. The molecule has 1 fully saturated rings. The number of rotatable bonds is 5. The molecule has 0 aliphatic carbocycles. The molecule has 1 aliphatic heterocycles. The molecule has 25 heavy (non-hydrogen) atoms. The molecule has 2 amide bonds. The third-order valence-electron chi connectivity index (χ3n) is 3.69. The molecule has 5 nitrogen and oxygen atoms in total. The third-order valence-corrected chi connectivity index (χ3v) is 3.69. The van der Waals surface area contributed by atoms with Crippen LogP contribution in [0.1, 0.15) is 12.8 Å². The lowest BCUT2D eigenvalue weighted by molar-refractivity contribution is -0.274. The molecule has 136 valence electrons. The van der Waals surface area contributed by atoms with Gasteiger partial charge in [-0.1, -0.05) is 6.58 Å². The van der Waals surface area contributed by atoms with Crippen LogP contribution in [-0.4, -0.2) is 36.2 Å². The van der Waals surface area contributed by atoms with Crippen molar-refractivity contribution in [2.75, 3.05) is 18.4 Å². The molecular formula is C16H16F4N2O3. The summed E-state index contributed by atoms with van der Waals surface area (Å²) in [7, 11) is 0. The first-order chi connectivity index (χ1) is 11.7. The van der Waals surface area contributed by atoms with Crippen molar-refractivity contribution in [3.8, 4) is 5.75 Å². The first-order valence-electron chi connectivity index (χ1n) is 7.44. The van der Waals surface area contributed by atoms with Crippen LogP contribution in [0.4, 0.5) is 23.2 Å². The highest BCUT2D eigenvalue weighted by atomic mass is 19.4. The Balaban J connectivity index is 2.00. The van der Waals surface area contributed by atoms with E-state index in [2.05, 4.69) is 16.6 Å². The number of ether oxygens (including phenoxy) is 1. The number of nitrogens with one attached hydrogen (secondary N) is 1. The van der Waals surface area contributed by atoms with Crippen molar-refractivity contribution in [3.63, 3.8) is 0 Å². The van der Waals surface area contributed by atoms with E-state index >= 15 is 0 Å². The Hall–Kier alpha value is -2.58. The van der Waals surface area contributed by atoms with Crippen molar-refractivity contribution in [2.24, 2.45) is 5.92 Å². The number of carbonyl (C=O) groups excluding carboxylic acids is 2. The smallest absolute Gasteiger partial charge is 0.404 e. The molecule has 0 saturated carbocycles. The van der Waals surface area contributed by atoms with Crippen LogP contribution in [0.2, 0.25) is 0 Å².